The number of fused-ring (bicyclic) bond motifs is 1. The van der Waals surface area contributed by atoms with Crippen LogP contribution in [0.3, 0.4) is 0 Å². The standard InChI is InChI=1S/C13H10BrN3O2/c1-17-12(18)10(16-13(17)19)5-7-6-15-11-8(7)3-2-4-9(11)14/h2-6,15H,1H3,(H,16,19)/b10-5+. The maximum absolute atomic E-state index is 11.8. The number of halogens is 1. The van der Waals surface area contributed by atoms with E-state index in [4.69, 9.17) is 0 Å². The van der Waals surface area contributed by atoms with Crippen molar-refractivity contribution in [3.05, 3.63) is 40.1 Å². The Hall–Kier alpha value is -2.08. The lowest BCUT2D eigenvalue weighted by molar-refractivity contribution is -0.121. The normalized spacial score (nSPS) is 17.6. The minimum absolute atomic E-state index is 0.286. The molecule has 1 fully saturated rings. The molecule has 0 unspecified atom stereocenters. The summed E-state index contributed by atoms with van der Waals surface area (Å²) in [5.74, 6) is -0.325. The van der Waals surface area contributed by atoms with Crippen molar-refractivity contribution in [3.8, 4) is 0 Å². The third kappa shape index (κ3) is 1.84. The molecule has 2 N–H and O–H groups in total. The number of hydrogen-bond donors (Lipinski definition) is 2. The number of urea groups is 1. The average Bonchev–Trinajstić information content (AvgIpc) is 2.90. The molecule has 1 aliphatic rings. The van der Waals surface area contributed by atoms with Gasteiger partial charge in [0.15, 0.2) is 0 Å². The third-order valence-electron chi connectivity index (χ3n) is 3.08. The first-order chi connectivity index (χ1) is 9.08. The highest BCUT2D eigenvalue weighted by Crippen LogP contribution is 2.27. The van der Waals surface area contributed by atoms with Crippen LogP contribution in [0.15, 0.2) is 34.6 Å². The summed E-state index contributed by atoms with van der Waals surface area (Å²) < 4.78 is 0.952. The van der Waals surface area contributed by atoms with Gasteiger partial charge in [-0.25, -0.2) is 4.79 Å². The van der Waals surface area contributed by atoms with Gasteiger partial charge < -0.3 is 10.3 Å². The quantitative estimate of drug-likeness (QED) is 0.626. The van der Waals surface area contributed by atoms with E-state index in [1.165, 1.54) is 7.05 Å². The van der Waals surface area contributed by atoms with Gasteiger partial charge in [-0.05, 0) is 28.1 Å². The molecule has 0 saturated carbocycles. The van der Waals surface area contributed by atoms with Crippen LogP contribution < -0.4 is 5.32 Å². The Kier molecular flexibility index (Phi) is 2.67. The number of aromatic nitrogens is 1. The highest BCUT2D eigenvalue weighted by atomic mass is 79.9. The third-order valence-corrected chi connectivity index (χ3v) is 3.74. The lowest BCUT2D eigenvalue weighted by Crippen LogP contribution is -2.25. The van der Waals surface area contributed by atoms with E-state index < -0.39 is 6.03 Å². The number of nitrogens with zero attached hydrogens (tertiary/aromatic N) is 1. The minimum Gasteiger partial charge on any atom is -0.360 e. The number of nitrogens with one attached hydrogen (secondary N) is 2. The van der Waals surface area contributed by atoms with Gasteiger partial charge >= 0.3 is 6.03 Å². The Morgan fingerprint density at radius 1 is 1.32 bits per heavy atom. The van der Waals surface area contributed by atoms with E-state index in [-0.39, 0.29) is 11.6 Å². The van der Waals surface area contributed by atoms with Crippen molar-refractivity contribution in [3.63, 3.8) is 0 Å². The summed E-state index contributed by atoms with van der Waals surface area (Å²) in [6, 6.07) is 5.40. The minimum atomic E-state index is -0.405. The summed E-state index contributed by atoms with van der Waals surface area (Å²) in [4.78, 5) is 27.4. The first-order valence-corrected chi connectivity index (χ1v) is 6.43. The van der Waals surface area contributed by atoms with Gasteiger partial charge in [0.25, 0.3) is 5.91 Å². The fourth-order valence-corrected chi connectivity index (χ4v) is 2.52. The van der Waals surface area contributed by atoms with Gasteiger partial charge in [0, 0.05) is 28.7 Å². The summed E-state index contributed by atoms with van der Waals surface area (Å²) >= 11 is 3.46. The van der Waals surface area contributed by atoms with E-state index in [9.17, 15) is 9.59 Å². The fourth-order valence-electron chi connectivity index (χ4n) is 2.04. The van der Waals surface area contributed by atoms with Gasteiger partial charge in [-0.1, -0.05) is 12.1 Å². The summed E-state index contributed by atoms with van der Waals surface area (Å²) in [5, 5.41) is 3.53. The number of benzene rings is 1. The monoisotopic (exact) mass is 319 g/mol. The van der Waals surface area contributed by atoms with Crippen molar-refractivity contribution in [1.82, 2.24) is 15.2 Å². The molecule has 5 nitrogen and oxygen atoms in total. The molecule has 96 valence electrons. The molecular weight excluding hydrogens is 310 g/mol. The molecule has 1 saturated heterocycles. The summed E-state index contributed by atoms with van der Waals surface area (Å²) in [6.45, 7) is 0. The number of carbonyl (C=O) groups is 2. The molecule has 0 radical (unpaired) electrons. The van der Waals surface area contributed by atoms with Crippen LogP contribution >= 0.6 is 15.9 Å². The van der Waals surface area contributed by atoms with Gasteiger partial charge in [0.05, 0.1) is 5.52 Å². The number of carbonyl (C=O) groups excluding carboxylic acids is 2. The predicted octanol–water partition coefficient (Wildman–Crippen LogP) is 2.45. The smallest absolute Gasteiger partial charge is 0.328 e. The summed E-state index contributed by atoms with van der Waals surface area (Å²) in [6.07, 6.45) is 3.48. The van der Waals surface area contributed by atoms with Crippen LogP contribution in [-0.2, 0) is 4.79 Å². The molecule has 0 aliphatic carbocycles. The van der Waals surface area contributed by atoms with Crippen molar-refractivity contribution in [1.29, 1.82) is 0 Å². The van der Waals surface area contributed by atoms with Gasteiger partial charge in [-0.15, -0.1) is 0 Å². The number of H-pyrrole nitrogens is 1. The second-order valence-electron chi connectivity index (χ2n) is 4.26. The van der Waals surface area contributed by atoms with Crippen molar-refractivity contribution in [2.45, 2.75) is 0 Å². The largest absolute Gasteiger partial charge is 0.360 e. The van der Waals surface area contributed by atoms with E-state index in [0.29, 0.717) is 0 Å². The zero-order valence-electron chi connectivity index (χ0n) is 10.0. The molecular formula is C13H10BrN3O2. The Balaban J connectivity index is 2.10. The first-order valence-electron chi connectivity index (χ1n) is 5.64. The molecule has 1 aromatic heterocycles. The Labute approximate surface area is 117 Å². The second-order valence-corrected chi connectivity index (χ2v) is 5.11. The first kappa shape index (κ1) is 12.0. The van der Waals surface area contributed by atoms with E-state index in [0.717, 1.165) is 25.8 Å². The second kappa shape index (κ2) is 4.24. The maximum atomic E-state index is 11.8. The van der Waals surface area contributed by atoms with Gasteiger partial charge in [-0.3, -0.25) is 9.69 Å². The Morgan fingerprint density at radius 3 is 2.79 bits per heavy atom. The molecule has 3 rings (SSSR count). The van der Waals surface area contributed by atoms with Crippen molar-refractivity contribution in [2.75, 3.05) is 7.05 Å². The SMILES string of the molecule is CN1C(=O)N/C(=C/c2c[nH]c3c(Br)cccc23)C1=O. The van der Waals surface area contributed by atoms with Crippen molar-refractivity contribution >= 4 is 44.8 Å². The van der Waals surface area contributed by atoms with Crippen LogP contribution in [0.25, 0.3) is 17.0 Å². The number of para-hydroxylation sites is 1. The van der Waals surface area contributed by atoms with E-state index >= 15 is 0 Å². The fraction of sp³-hybridized carbons (Fsp3) is 0.0769. The van der Waals surface area contributed by atoms with Crippen molar-refractivity contribution < 1.29 is 9.59 Å². The maximum Gasteiger partial charge on any atom is 0.328 e. The molecule has 6 heteroatoms. The van der Waals surface area contributed by atoms with Crippen LogP contribution in [0, 0.1) is 0 Å². The molecule has 2 heterocycles. The van der Waals surface area contributed by atoms with E-state index in [1.54, 1.807) is 12.3 Å². The van der Waals surface area contributed by atoms with Gasteiger partial charge in [-0.2, -0.15) is 0 Å². The van der Waals surface area contributed by atoms with Crippen molar-refractivity contribution in [2.24, 2.45) is 0 Å². The topological polar surface area (TPSA) is 65.2 Å². The summed E-state index contributed by atoms with van der Waals surface area (Å²) in [5.41, 5.74) is 2.10. The lowest BCUT2D eigenvalue weighted by atomic mass is 10.1. The van der Waals surface area contributed by atoms with Crippen LogP contribution in [0.2, 0.25) is 0 Å². The molecule has 2 aromatic rings. The lowest BCUT2D eigenvalue weighted by Gasteiger charge is -1.99. The number of hydrogen-bond acceptors (Lipinski definition) is 2. The predicted molar refractivity (Wildman–Crippen MR) is 75.3 cm³/mol. The molecule has 0 spiro atoms. The number of aromatic amines is 1. The number of likely N-dealkylation sites (N-methyl/N-ethyl adjacent to an activating group) is 1. The number of amides is 3. The summed E-state index contributed by atoms with van der Waals surface area (Å²) in [7, 11) is 1.45. The van der Waals surface area contributed by atoms with E-state index in [1.807, 2.05) is 18.2 Å². The van der Waals surface area contributed by atoms with Crippen LogP contribution in [0.5, 0.6) is 0 Å². The molecule has 3 amide bonds. The van der Waals surface area contributed by atoms with Crippen LogP contribution in [-0.4, -0.2) is 28.9 Å². The average molecular weight is 320 g/mol. The molecule has 0 atom stereocenters. The molecule has 19 heavy (non-hydrogen) atoms. The zero-order chi connectivity index (χ0) is 13.6. The molecule has 0 bridgehead atoms. The number of imide groups is 1. The van der Waals surface area contributed by atoms with Crippen LogP contribution in [0.4, 0.5) is 4.79 Å². The highest BCUT2D eigenvalue weighted by Gasteiger charge is 2.30. The molecule has 1 aromatic carbocycles. The number of rotatable bonds is 1. The van der Waals surface area contributed by atoms with Crippen LogP contribution in [0.1, 0.15) is 5.56 Å². The van der Waals surface area contributed by atoms with Gasteiger partial charge in [0.2, 0.25) is 0 Å². The zero-order valence-corrected chi connectivity index (χ0v) is 11.6. The Bertz CT molecular complexity index is 733. The van der Waals surface area contributed by atoms with E-state index in [2.05, 4.69) is 26.2 Å². The highest BCUT2D eigenvalue weighted by molar-refractivity contribution is 9.10. The molecule has 1 aliphatic heterocycles. The Morgan fingerprint density at radius 2 is 2.11 bits per heavy atom. The van der Waals surface area contributed by atoms with Gasteiger partial charge in [0.1, 0.15) is 5.70 Å².